The minimum Gasteiger partial charge on any atom is -0.321 e. The van der Waals surface area contributed by atoms with Gasteiger partial charge in [0.15, 0.2) is 6.29 Å². The van der Waals surface area contributed by atoms with Crippen LogP contribution in [0.2, 0.25) is 0 Å². The van der Waals surface area contributed by atoms with E-state index in [0.717, 1.165) is 29.3 Å². The van der Waals surface area contributed by atoms with E-state index in [1.54, 1.807) is 22.7 Å². The lowest BCUT2D eigenvalue weighted by Gasteiger charge is -2.05. The standard InChI is InChI=1S/C21H13O4PS5/c22-11-12-19(26(23,24)25)21(18-8-6-16(30-18)14-4-2-10-28-14)31-20(12)17-7-5-15(29-17)13-3-1-9-27-13/h1-11H,(H2,23,24,25). The Balaban J connectivity index is 1.67. The first-order valence-electron chi connectivity index (χ1n) is 8.92. The molecule has 0 saturated carbocycles. The second-order valence-corrected chi connectivity index (χ2v) is 13.1. The summed E-state index contributed by atoms with van der Waals surface area (Å²) in [6, 6.07) is 15.7. The number of aldehydes is 1. The van der Waals surface area contributed by atoms with Crippen molar-refractivity contribution in [3.8, 4) is 39.0 Å². The van der Waals surface area contributed by atoms with E-state index >= 15 is 0 Å². The van der Waals surface area contributed by atoms with Crippen LogP contribution in [-0.2, 0) is 4.57 Å². The fourth-order valence-electron chi connectivity index (χ4n) is 3.21. The summed E-state index contributed by atoms with van der Waals surface area (Å²) in [6.07, 6.45) is 0.572. The van der Waals surface area contributed by atoms with Gasteiger partial charge in [-0.05, 0) is 47.2 Å². The van der Waals surface area contributed by atoms with Gasteiger partial charge in [-0.25, -0.2) is 0 Å². The Morgan fingerprint density at radius 2 is 1.19 bits per heavy atom. The Hall–Kier alpha value is -1.68. The average Bonchev–Trinajstić information content (AvgIpc) is 3.54. The molecule has 5 aromatic heterocycles. The molecule has 0 atom stereocenters. The number of carbonyl (C=O) groups excluding carboxylic acids is 1. The Bertz CT molecular complexity index is 1400. The van der Waals surface area contributed by atoms with Crippen molar-refractivity contribution in [1.82, 2.24) is 0 Å². The fourth-order valence-corrected chi connectivity index (χ4v) is 9.80. The summed E-state index contributed by atoms with van der Waals surface area (Å²) in [5, 5.41) is 3.82. The minimum atomic E-state index is -4.67. The van der Waals surface area contributed by atoms with Gasteiger partial charge in [0.1, 0.15) is 0 Å². The molecule has 5 heterocycles. The summed E-state index contributed by atoms with van der Waals surface area (Å²) >= 11 is 7.50. The molecule has 5 rings (SSSR count). The summed E-state index contributed by atoms with van der Waals surface area (Å²) in [7, 11) is -4.67. The predicted octanol–water partition coefficient (Wildman–Crippen LogP) is 7.28. The molecule has 0 aromatic carbocycles. The van der Waals surface area contributed by atoms with Crippen LogP contribution in [0.25, 0.3) is 39.0 Å². The third-order valence-corrected chi connectivity index (χ3v) is 11.6. The Morgan fingerprint density at radius 3 is 1.65 bits per heavy atom. The SMILES string of the molecule is O=Cc1c(-c2ccc(-c3cccs3)s2)sc(-c2ccc(-c3cccs3)s2)c1P(=O)(O)O. The third-order valence-electron chi connectivity index (χ3n) is 4.52. The topological polar surface area (TPSA) is 74.6 Å². The van der Waals surface area contributed by atoms with Crippen LogP contribution in [0.3, 0.4) is 0 Å². The molecule has 0 spiro atoms. The van der Waals surface area contributed by atoms with Crippen LogP contribution < -0.4 is 5.30 Å². The zero-order chi connectivity index (χ0) is 21.6. The van der Waals surface area contributed by atoms with Gasteiger partial charge in [0, 0.05) is 34.8 Å². The van der Waals surface area contributed by atoms with Crippen LogP contribution in [0.5, 0.6) is 0 Å². The third kappa shape index (κ3) is 3.97. The molecule has 0 unspecified atom stereocenters. The largest absolute Gasteiger partial charge is 0.358 e. The minimum absolute atomic E-state index is 0.0824. The predicted molar refractivity (Wildman–Crippen MR) is 135 cm³/mol. The molecule has 31 heavy (non-hydrogen) atoms. The van der Waals surface area contributed by atoms with Gasteiger partial charge < -0.3 is 9.79 Å². The summed E-state index contributed by atoms with van der Waals surface area (Å²) in [6.45, 7) is 0. The van der Waals surface area contributed by atoms with E-state index in [1.807, 2.05) is 59.3 Å². The monoisotopic (exact) mass is 520 g/mol. The van der Waals surface area contributed by atoms with Crippen LogP contribution in [0.15, 0.2) is 59.3 Å². The number of rotatable bonds is 6. The highest BCUT2D eigenvalue weighted by Crippen LogP contribution is 2.50. The van der Waals surface area contributed by atoms with Gasteiger partial charge in [-0.3, -0.25) is 9.36 Å². The molecule has 10 heteroatoms. The normalized spacial score (nSPS) is 11.8. The van der Waals surface area contributed by atoms with Gasteiger partial charge >= 0.3 is 7.60 Å². The lowest BCUT2D eigenvalue weighted by atomic mass is 10.2. The smallest absolute Gasteiger partial charge is 0.321 e. The first-order chi connectivity index (χ1) is 15.0. The lowest BCUT2D eigenvalue weighted by molar-refractivity contribution is 0.112. The van der Waals surface area contributed by atoms with Crippen LogP contribution in [0.1, 0.15) is 10.4 Å². The zero-order valence-electron chi connectivity index (χ0n) is 15.6. The summed E-state index contributed by atoms with van der Waals surface area (Å²) in [5.74, 6) is 0. The van der Waals surface area contributed by atoms with E-state index in [9.17, 15) is 19.1 Å². The molecule has 0 aliphatic carbocycles. The molecule has 4 nitrogen and oxygen atoms in total. The molecule has 0 amide bonds. The Labute approximate surface area is 197 Å². The maximum absolute atomic E-state index is 12.4. The van der Waals surface area contributed by atoms with Gasteiger partial charge in [-0.1, -0.05) is 12.1 Å². The molecule has 0 aliphatic rings. The first kappa shape index (κ1) is 21.2. The highest BCUT2D eigenvalue weighted by Gasteiger charge is 2.33. The molecular formula is C21H13O4PS5. The molecule has 0 aliphatic heterocycles. The van der Waals surface area contributed by atoms with Crippen molar-refractivity contribution in [2.24, 2.45) is 0 Å². The molecule has 0 fully saturated rings. The second kappa shape index (κ2) is 8.35. The Kier molecular flexibility index (Phi) is 5.70. The molecule has 2 N–H and O–H groups in total. The first-order valence-corrected chi connectivity index (χ1v) is 14.7. The van der Waals surface area contributed by atoms with E-state index in [4.69, 9.17) is 0 Å². The van der Waals surface area contributed by atoms with E-state index in [-0.39, 0.29) is 10.9 Å². The fraction of sp³-hybridized carbons (Fsp3) is 0. The van der Waals surface area contributed by atoms with Crippen molar-refractivity contribution >= 4 is 75.9 Å². The lowest BCUT2D eigenvalue weighted by Crippen LogP contribution is -2.09. The van der Waals surface area contributed by atoms with Crippen LogP contribution >= 0.6 is 64.3 Å². The highest BCUT2D eigenvalue weighted by atomic mass is 32.1. The van der Waals surface area contributed by atoms with Gasteiger partial charge in [0.2, 0.25) is 0 Å². The van der Waals surface area contributed by atoms with Crippen molar-refractivity contribution in [1.29, 1.82) is 0 Å². The summed E-state index contributed by atoms with van der Waals surface area (Å²) in [5.41, 5.74) is 0.0824. The quantitative estimate of drug-likeness (QED) is 0.182. The Morgan fingerprint density at radius 1 is 0.677 bits per heavy atom. The van der Waals surface area contributed by atoms with Crippen molar-refractivity contribution in [3.05, 3.63) is 64.9 Å². The van der Waals surface area contributed by atoms with Crippen molar-refractivity contribution < 1.29 is 19.1 Å². The molecule has 5 aromatic rings. The number of thiophene rings is 5. The van der Waals surface area contributed by atoms with Gasteiger partial charge in [-0.15, -0.1) is 56.7 Å². The molecule has 156 valence electrons. The van der Waals surface area contributed by atoms with E-state index < -0.39 is 7.60 Å². The van der Waals surface area contributed by atoms with E-state index in [1.165, 1.54) is 34.0 Å². The molecule has 0 bridgehead atoms. The van der Waals surface area contributed by atoms with Crippen molar-refractivity contribution in [3.63, 3.8) is 0 Å². The van der Waals surface area contributed by atoms with Gasteiger partial charge in [-0.2, -0.15) is 0 Å². The van der Waals surface area contributed by atoms with E-state index in [0.29, 0.717) is 16.0 Å². The molecule has 0 radical (unpaired) electrons. The maximum Gasteiger partial charge on any atom is 0.358 e. The number of hydrogen-bond acceptors (Lipinski definition) is 7. The van der Waals surface area contributed by atoms with Gasteiger partial charge in [0.25, 0.3) is 0 Å². The van der Waals surface area contributed by atoms with Gasteiger partial charge in [0.05, 0.1) is 15.1 Å². The van der Waals surface area contributed by atoms with E-state index in [2.05, 4.69) is 0 Å². The van der Waals surface area contributed by atoms with Crippen molar-refractivity contribution in [2.75, 3.05) is 0 Å². The average molecular weight is 521 g/mol. The number of carbonyl (C=O) groups is 1. The maximum atomic E-state index is 12.4. The molecule has 0 saturated heterocycles. The van der Waals surface area contributed by atoms with Crippen LogP contribution in [0.4, 0.5) is 0 Å². The van der Waals surface area contributed by atoms with Crippen molar-refractivity contribution in [2.45, 2.75) is 0 Å². The van der Waals surface area contributed by atoms with Crippen LogP contribution in [0, 0.1) is 0 Å². The summed E-state index contributed by atoms with van der Waals surface area (Å²) in [4.78, 5) is 39.2. The number of hydrogen-bond donors (Lipinski definition) is 2. The zero-order valence-corrected chi connectivity index (χ0v) is 20.5. The molecular weight excluding hydrogens is 508 g/mol. The second-order valence-electron chi connectivity index (χ2n) is 6.47. The van der Waals surface area contributed by atoms with Crippen LogP contribution in [-0.4, -0.2) is 16.1 Å². The highest BCUT2D eigenvalue weighted by molar-refractivity contribution is 7.62. The summed E-state index contributed by atoms with van der Waals surface area (Å²) < 4.78 is 12.4.